The van der Waals surface area contributed by atoms with E-state index in [0.717, 1.165) is 11.3 Å². The van der Waals surface area contributed by atoms with Gasteiger partial charge in [-0.05, 0) is 30.7 Å². The zero-order valence-electron chi connectivity index (χ0n) is 13.4. The van der Waals surface area contributed by atoms with E-state index in [1.54, 1.807) is 25.3 Å². The predicted octanol–water partition coefficient (Wildman–Crippen LogP) is 1.09. The molecule has 1 aromatic heterocycles. The molecule has 4 atom stereocenters. The van der Waals surface area contributed by atoms with Crippen molar-refractivity contribution in [2.45, 2.75) is 41.8 Å². The molecule has 2 aliphatic heterocycles. The number of nitrogens with one attached hydrogen (secondary N) is 2. The minimum absolute atomic E-state index is 0.0548. The molecule has 2 aliphatic rings. The Balaban J connectivity index is 1.72. The van der Waals surface area contributed by atoms with E-state index < -0.39 is 43.0 Å². The summed E-state index contributed by atoms with van der Waals surface area (Å²) in [6.45, 7) is 3.43. The molecule has 0 radical (unpaired) electrons. The van der Waals surface area contributed by atoms with Crippen LogP contribution in [0, 0.1) is 5.92 Å². The van der Waals surface area contributed by atoms with Crippen LogP contribution in [-0.2, 0) is 19.7 Å². The lowest BCUT2D eigenvalue weighted by Crippen LogP contribution is -2.47. The molecule has 2 N–H and O–H groups in total. The molecule has 3 rings (SSSR count). The smallest absolute Gasteiger partial charge is 0.315 e. The number of hydrogen-bond donors (Lipinski definition) is 2. The molecule has 1 saturated heterocycles. The molecule has 0 aliphatic carbocycles. The van der Waals surface area contributed by atoms with Gasteiger partial charge in [0, 0.05) is 11.6 Å². The lowest BCUT2D eigenvalue weighted by atomic mass is 10.0. The first-order chi connectivity index (χ1) is 11.1. The molecule has 0 unspecified atom stereocenters. The van der Waals surface area contributed by atoms with Crippen LogP contribution < -0.4 is 10.6 Å². The van der Waals surface area contributed by atoms with E-state index in [2.05, 4.69) is 10.6 Å². The van der Waals surface area contributed by atoms with Crippen molar-refractivity contribution in [3.8, 4) is 0 Å². The molecule has 10 heteroatoms. The molecule has 2 amide bonds. The minimum atomic E-state index is -3.33. The monoisotopic (exact) mass is 392 g/mol. The normalized spacial score (nSPS) is 33.6. The fourth-order valence-corrected chi connectivity index (χ4v) is 8.63. The third-order valence-electron chi connectivity index (χ3n) is 4.65. The molecule has 1 aromatic rings. The number of fused-ring (bicyclic) bond motifs is 1. The first-order valence-corrected chi connectivity index (χ1v) is 11.9. The van der Waals surface area contributed by atoms with Crippen molar-refractivity contribution in [3.05, 3.63) is 17.0 Å². The number of rotatable bonds is 2. The Kier molecular flexibility index (Phi) is 4.42. The van der Waals surface area contributed by atoms with Crippen molar-refractivity contribution < 1.29 is 21.6 Å². The van der Waals surface area contributed by atoms with Gasteiger partial charge in [-0.3, -0.25) is 0 Å². The molecule has 0 spiro atoms. The largest absolute Gasteiger partial charge is 0.334 e. The number of sulfone groups is 2. The molecular formula is C14H20N2O5S3. The molecular weight excluding hydrogens is 372 g/mol. The van der Waals surface area contributed by atoms with E-state index in [1.165, 1.54) is 0 Å². The van der Waals surface area contributed by atoms with Crippen molar-refractivity contribution in [2.75, 3.05) is 11.5 Å². The summed E-state index contributed by atoms with van der Waals surface area (Å²) < 4.78 is 48.2. The van der Waals surface area contributed by atoms with Gasteiger partial charge < -0.3 is 10.6 Å². The fourth-order valence-electron chi connectivity index (χ4n) is 3.27. The van der Waals surface area contributed by atoms with E-state index >= 15 is 0 Å². The number of carbonyl (C=O) groups excluding carboxylic acids is 1. The number of thiophene rings is 1. The highest BCUT2D eigenvalue weighted by Gasteiger charge is 2.39. The van der Waals surface area contributed by atoms with Gasteiger partial charge in [-0.2, -0.15) is 0 Å². The summed E-state index contributed by atoms with van der Waals surface area (Å²) in [5, 5.41) is 6.65. The Morgan fingerprint density at radius 3 is 2.50 bits per heavy atom. The number of amides is 2. The van der Waals surface area contributed by atoms with Crippen molar-refractivity contribution >= 4 is 37.0 Å². The van der Waals surface area contributed by atoms with Gasteiger partial charge in [-0.1, -0.05) is 6.92 Å². The van der Waals surface area contributed by atoms with E-state index in [1.807, 2.05) is 0 Å². The van der Waals surface area contributed by atoms with Crippen molar-refractivity contribution in [1.82, 2.24) is 10.6 Å². The predicted molar refractivity (Wildman–Crippen MR) is 91.6 cm³/mol. The Bertz CT molecular complexity index is 859. The van der Waals surface area contributed by atoms with Gasteiger partial charge in [0.1, 0.15) is 4.21 Å². The van der Waals surface area contributed by atoms with Crippen LogP contribution in [0.3, 0.4) is 0 Å². The molecule has 0 saturated carbocycles. The van der Waals surface area contributed by atoms with Crippen molar-refractivity contribution in [3.63, 3.8) is 0 Å². The summed E-state index contributed by atoms with van der Waals surface area (Å²) in [5.41, 5.74) is 0.611. The van der Waals surface area contributed by atoms with Crippen LogP contribution in [0.2, 0.25) is 0 Å². The first-order valence-electron chi connectivity index (χ1n) is 7.69. The maximum Gasteiger partial charge on any atom is 0.315 e. The third-order valence-corrected chi connectivity index (χ3v) is 10.3. The Morgan fingerprint density at radius 2 is 1.88 bits per heavy atom. The van der Waals surface area contributed by atoms with Gasteiger partial charge in [0.25, 0.3) is 0 Å². The summed E-state index contributed by atoms with van der Waals surface area (Å²) in [4.78, 5) is 12.3. The summed E-state index contributed by atoms with van der Waals surface area (Å²) >= 11 is 1.16. The second kappa shape index (κ2) is 5.99. The standard InChI is InChI=1S/C14H20N2O5S3/c1-8-6-23(18,19)7-12(8)16-14(17)15-11-5-9(2)24(20,21)13-10(11)3-4-22-13/h3-4,8-9,11-12H,5-7H2,1-2H3,(H2,15,16,17)/t8-,9-,11-,12+/m0/s1. The summed E-state index contributed by atoms with van der Waals surface area (Å²) in [7, 11) is -6.43. The fraction of sp³-hybridized carbons (Fsp3) is 0.643. The molecule has 0 aromatic carbocycles. The maximum atomic E-state index is 12.3. The average molecular weight is 393 g/mol. The third kappa shape index (κ3) is 3.18. The van der Waals surface area contributed by atoms with E-state index in [9.17, 15) is 21.6 Å². The van der Waals surface area contributed by atoms with E-state index in [-0.39, 0.29) is 17.4 Å². The van der Waals surface area contributed by atoms with Gasteiger partial charge in [0.15, 0.2) is 19.7 Å². The van der Waals surface area contributed by atoms with Crippen LogP contribution in [0.1, 0.15) is 31.9 Å². The minimum Gasteiger partial charge on any atom is -0.334 e. The highest BCUT2D eigenvalue weighted by Crippen LogP contribution is 2.39. The van der Waals surface area contributed by atoms with E-state index in [0.29, 0.717) is 16.2 Å². The summed E-state index contributed by atoms with van der Waals surface area (Å²) in [6, 6.07) is 0.453. The number of hydrogen-bond acceptors (Lipinski definition) is 6. The summed E-state index contributed by atoms with van der Waals surface area (Å²) in [5.74, 6) is -0.116. The topological polar surface area (TPSA) is 109 Å². The molecule has 7 nitrogen and oxygen atoms in total. The van der Waals surface area contributed by atoms with Crippen LogP contribution in [0.5, 0.6) is 0 Å². The zero-order chi connectivity index (χ0) is 17.7. The molecule has 1 fully saturated rings. The molecule has 3 heterocycles. The van der Waals surface area contributed by atoms with Crippen LogP contribution in [0.15, 0.2) is 15.7 Å². The van der Waals surface area contributed by atoms with Crippen LogP contribution in [-0.4, -0.2) is 45.7 Å². The summed E-state index contributed by atoms with van der Waals surface area (Å²) in [6.07, 6.45) is 0.304. The van der Waals surface area contributed by atoms with E-state index in [4.69, 9.17) is 0 Å². The Hall–Kier alpha value is -1.13. The van der Waals surface area contributed by atoms with Crippen molar-refractivity contribution in [2.24, 2.45) is 5.92 Å². The van der Waals surface area contributed by atoms with Gasteiger partial charge >= 0.3 is 6.03 Å². The molecule has 24 heavy (non-hydrogen) atoms. The average Bonchev–Trinajstić information content (AvgIpc) is 3.02. The number of carbonyl (C=O) groups is 1. The Morgan fingerprint density at radius 1 is 1.17 bits per heavy atom. The van der Waals surface area contributed by atoms with Gasteiger partial charge in [-0.25, -0.2) is 21.6 Å². The van der Waals surface area contributed by atoms with Gasteiger partial charge in [0.05, 0.1) is 22.8 Å². The lowest BCUT2D eigenvalue weighted by molar-refractivity contribution is 0.230. The molecule has 134 valence electrons. The zero-order valence-corrected chi connectivity index (χ0v) is 15.8. The van der Waals surface area contributed by atoms with Gasteiger partial charge in [-0.15, -0.1) is 11.3 Å². The van der Waals surface area contributed by atoms with Crippen LogP contribution in [0.25, 0.3) is 0 Å². The molecule has 0 bridgehead atoms. The van der Waals surface area contributed by atoms with Crippen LogP contribution in [0.4, 0.5) is 4.79 Å². The highest BCUT2D eigenvalue weighted by atomic mass is 32.2. The SMILES string of the molecule is C[C@H]1CS(=O)(=O)C[C@H]1NC(=O)N[C@H]1C[C@H](C)S(=O)(=O)c2sccc21. The van der Waals surface area contributed by atoms with Crippen molar-refractivity contribution in [1.29, 1.82) is 0 Å². The lowest BCUT2D eigenvalue weighted by Gasteiger charge is -2.28. The van der Waals surface area contributed by atoms with Gasteiger partial charge in [0.2, 0.25) is 0 Å². The maximum absolute atomic E-state index is 12.3. The van der Waals surface area contributed by atoms with Crippen LogP contribution >= 0.6 is 11.3 Å². The Labute approximate surface area is 145 Å². The quantitative estimate of drug-likeness (QED) is 0.783. The first kappa shape index (κ1) is 17.7. The highest BCUT2D eigenvalue weighted by molar-refractivity contribution is 7.94. The second-order valence-corrected chi connectivity index (χ2v) is 12.2. The second-order valence-electron chi connectivity index (χ2n) is 6.59. The number of urea groups is 1.